The third kappa shape index (κ3) is 5.13. The van der Waals surface area contributed by atoms with Crippen LogP contribution in [0.25, 0.3) is 0 Å². The Bertz CT molecular complexity index is 632. The molecule has 2 aromatic rings. The van der Waals surface area contributed by atoms with E-state index in [-0.39, 0.29) is 18.3 Å². The fraction of sp³-hybridized carbons (Fsp3) is 0.133. The standard InChI is InChI=1S/C15H12Br2FNO2/c16-11-3-6-14(13(17)7-11)21-9-15(20)19-8-10-1-4-12(18)5-2-10/h1-7H,8-9H2,(H,19,20). The van der Waals surface area contributed by atoms with E-state index in [0.717, 1.165) is 14.5 Å². The summed E-state index contributed by atoms with van der Waals surface area (Å²) in [5.74, 6) is 0.0535. The number of rotatable bonds is 5. The zero-order valence-electron chi connectivity index (χ0n) is 10.9. The summed E-state index contributed by atoms with van der Waals surface area (Å²) in [6.07, 6.45) is 0. The maximum Gasteiger partial charge on any atom is 0.258 e. The molecular formula is C15H12Br2FNO2. The van der Waals surface area contributed by atoms with E-state index in [2.05, 4.69) is 37.2 Å². The molecule has 110 valence electrons. The first-order chi connectivity index (χ1) is 10.0. The first kappa shape index (κ1) is 16.0. The van der Waals surface area contributed by atoms with Gasteiger partial charge in [-0.25, -0.2) is 4.39 Å². The van der Waals surface area contributed by atoms with Gasteiger partial charge in [-0.1, -0.05) is 28.1 Å². The van der Waals surface area contributed by atoms with Crippen molar-refractivity contribution in [1.29, 1.82) is 0 Å². The summed E-state index contributed by atoms with van der Waals surface area (Å²) in [4.78, 5) is 11.7. The van der Waals surface area contributed by atoms with Crippen LogP contribution in [0.15, 0.2) is 51.4 Å². The Hall–Kier alpha value is -1.40. The SMILES string of the molecule is O=C(COc1ccc(Br)cc1Br)NCc1ccc(F)cc1. The lowest BCUT2D eigenvalue weighted by Crippen LogP contribution is -2.28. The lowest BCUT2D eigenvalue weighted by atomic mass is 10.2. The van der Waals surface area contributed by atoms with Crippen LogP contribution in [0.1, 0.15) is 5.56 Å². The molecule has 2 rings (SSSR count). The molecule has 21 heavy (non-hydrogen) atoms. The van der Waals surface area contributed by atoms with Crippen molar-refractivity contribution in [2.75, 3.05) is 6.61 Å². The van der Waals surface area contributed by atoms with Crippen molar-refractivity contribution < 1.29 is 13.9 Å². The highest BCUT2D eigenvalue weighted by Crippen LogP contribution is 2.28. The number of halogens is 3. The maximum absolute atomic E-state index is 12.7. The van der Waals surface area contributed by atoms with Gasteiger partial charge in [0.15, 0.2) is 6.61 Å². The molecule has 0 saturated carbocycles. The lowest BCUT2D eigenvalue weighted by molar-refractivity contribution is -0.123. The third-order valence-corrected chi connectivity index (χ3v) is 3.77. The molecule has 0 aromatic heterocycles. The van der Waals surface area contributed by atoms with Crippen LogP contribution in [-0.4, -0.2) is 12.5 Å². The third-order valence-electron chi connectivity index (χ3n) is 2.66. The van der Waals surface area contributed by atoms with Crippen molar-refractivity contribution in [3.63, 3.8) is 0 Å². The highest BCUT2D eigenvalue weighted by Gasteiger charge is 2.06. The average molecular weight is 417 g/mol. The second-order valence-electron chi connectivity index (χ2n) is 4.27. The summed E-state index contributed by atoms with van der Waals surface area (Å²) in [5, 5.41) is 2.71. The normalized spacial score (nSPS) is 10.2. The van der Waals surface area contributed by atoms with Gasteiger partial charge in [-0.15, -0.1) is 0 Å². The van der Waals surface area contributed by atoms with Crippen molar-refractivity contribution in [1.82, 2.24) is 5.32 Å². The zero-order valence-corrected chi connectivity index (χ0v) is 14.1. The van der Waals surface area contributed by atoms with E-state index in [1.165, 1.54) is 12.1 Å². The molecule has 0 aliphatic carbocycles. The quantitative estimate of drug-likeness (QED) is 0.798. The predicted octanol–water partition coefficient (Wildman–Crippen LogP) is 4.05. The number of hydrogen-bond donors (Lipinski definition) is 1. The van der Waals surface area contributed by atoms with Crippen molar-refractivity contribution >= 4 is 37.8 Å². The van der Waals surface area contributed by atoms with Crippen LogP contribution >= 0.6 is 31.9 Å². The van der Waals surface area contributed by atoms with Gasteiger partial charge in [-0.3, -0.25) is 4.79 Å². The molecular weight excluding hydrogens is 405 g/mol. The predicted molar refractivity (Wildman–Crippen MR) is 85.6 cm³/mol. The molecule has 0 saturated heterocycles. The first-order valence-electron chi connectivity index (χ1n) is 6.13. The Morgan fingerprint density at radius 1 is 1.14 bits per heavy atom. The van der Waals surface area contributed by atoms with Crippen LogP contribution in [0.4, 0.5) is 4.39 Å². The molecule has 0 bridgehead atoms. The molecule has 0 spiro atoms. The number of carbonyl (C=O) groups is 1. The van der Waals surface area contributed by atoms with Crippen LogP contribution in [0.2, 0.25) is 0 Å². The molecule has 0 heterocycles. The van der Waals surface area contributed by atoms with Crippen molar-refractivity contribution in [2.24, 2.45) is 0 Å². The summed E-state index contributed by atoms with van der Waals surface area (Å²) < 4.78 is 19.9. The number of benzene rings is 2. The first-order valence-corrected chi connectivity index (χ1v) is 7.72. The van der Waals surface area contributed by atoms with Gasteiger partial charge in [0.05, 0.1) is 4.47 Å². The summed E-state index contributed by atoms with van der Waals surface area (Å²) >= 11 is 6.70. The van der Waals surface area contributed by atoms with Crippen LogP contribution in [0, 0.1) is 5.82 Å². The molecule has 0 atom stereocenters. The van der Waals surface area contributed by atoms with Gasteiger partial charge < -0.3 is 10.1 Å². The van der Waals surface area contributed by atoms with Crippen molar-refractivity contribution in [3.8, 4) is 5.75 Å². The Kier molecular flexibility index (Phi) is 5.76. The number of ether oxygens (including phenoxy) is 1. The van der Waals surface area contributed by atoms with Gasteiger partial charge in [0.2, 0.25) is 0 Å². The number of amides is 1. The van der Waals surface area contributed by atoms with Gasteiger partial charge in [-0.2, -0.15) is 0 Å². The number of hydrogen-bond acceptors (Lipinski definition) is 2. The van der Waals surface area contributed by atoms with Gasteiger partial charge in [0.25, 0.3) is 5.91 Å². The minimum absolute atomic E-state index is 0.0819. The molecule has 0 radical (unpaired) electrons. The minimum atomic E-state index is -0.298. The molecule has 1 N–H and O–H groups in total. The average Bonchev–Trinajstić information content (AvgIpc) is 2.46. The Labute approximate surface area is 138 Å². The van der Waals surface area contributed by atoms with E-state index in [4.69, 9.17) is 4.74 Å². The van der Waals surface area contributed by atoms with Crippen LogP contribution in [0.3, 0.4) is 0 Å². The zero-order chi connectivity index (χ0) is 15.2. The van der Waals surface area contributed by atoms with E-state index < -0.39 is 0 Å². The minimum Gasteiger partial charge on any atom is -0.483 e. The second-order valence-corrected chi connectivity index (χ2v) is 6.04. The van der Waals surface area contributed by atoms with Crippen LogP contribution in [0.5, 0.6) is 5.75 Å². The summed E-state index contributed by atoms with van der Waals surface area (Å²) in [6.45, 7) is 0.255. The summed E-state index contributed by atoms with van der Waals surface area (Å²) in [6, 6.07) is 11.4. The number of carbonyl (C=O) groups excluding carboxylic acids is 1. The van der Waals surface area contributed by atoms with E-state index >= 15 is 0 Å². The molecule has 0 aliphatic heterocycles. The fourth-order valence-electron chi connectivity index (χ4n) is 1.59. The van der Waals surface area contributed by atoms with Gasteiger partial charge >= 0.3 is 0 Å². The molecule has 3 nitrogen and oxygen atoms in total. The van der Waals surface area contributed by atoms with Crippen LogP contribution in [-0.2, 0) is 11.3 Å². The fourth-order valence-corrected chi connectivity index (χ4v) is 2.75. The monoisotopic (exact) mass is 415 g/mol. The molecule has 0 aliphatic rings. The lowest BCUT2D eigenvalue weighted by Gasteiger charge is -2.09. The number of nitrogens with one attached hydrogen (secondary N) is 1. The Morgan fingerprint density at radius 2 is 1.86 bits per heavy atom. The summed E-state index contributed by atoms with van der Waals surface area (Å²) in [7, 11) is 0. The van der Waals surface area contributed by atoms with Crippen molar-refractivity contribution in [2.45, 2.75) is 6.54 Å². The van der Waals surface area contributed by atoms with E-state index in [9.17, 15) is 9.18 Å². The van der Waals surface area contributed by atoms with Crippen LogP contribution < -0.4 is 10.1 Å². The molecule has 1 amide bonds. The van der Waals surface area contributed by atoms with E-state index in [0.29, 0.717) is 12.3 Å². The highest BCUT2D eigenvalue weighted by molar-refractivity contribution is 9.11. The van der Waals surface area contributed by atoms with E-state index in [1.54, 1.807) is 18.2 Å². The Morgan fingerprint density at radius 3 is 2.52 bits per heavy atom. The largest absolute Gasteiger partial charge is 0.483 e. The summed E-state index contributed by atoms with van der Waals surface area (Å²) in [5.41, 5.74) is 0.828. The van der Waals surface area contributed by atoms with Gasteiger partial charge in [0, 0.05) is 11.0 Å². The molecule has 2 aromatic carbocycles. The molecule has 0 unspecified atom stereocenters. The van der Waals surface area contributed by atoms with Gasteiger partial charge in [0.1, 0.15) is 11.6 Å². The van der Waals surface area contributed by atoms with Crippen molar-refractivity contribution in [3.05, 3.63) is 62.8 Å². The topological polar surface area (TPSA) is 38.3 Å². The molecule has 0 fully saturated rings. The van der Waals surface area contributed by atoms with Gasteiger partial charge in [-0.05, 0) is 51.8 Å². The maximum atomic E-state index is 12.7. The highest BCUT2D eigenvalue weighted by atomic mass is 79.9. The van der Waals surface area contributed by atoms with E-state index in [1.807, 2.05) is 12.1 Å². The smallest absolute Gasteiger partial charge is 0.258 e. The second kappa shape index (κ2) is 7.56. The molecule has 6 heteroatoms. The Balaban J connectivity index is 1.80.